The van der Waals surface area contributed by atoms with Crippen LogP contribution in [0, 0.1) is 0 Å². The second kappa shape index (κ2) is 7.97. The van der Waals surface area contributed by atoms with Gasteiger partial charge in [0.2, 0.25) is 0 Å². The summed E-state index contributed by atoms with van der Waals surface area (Å²) in [6, 6.07) is 0. The van der Waals surface area contributed by atoms with Crippen LogP contribution in [0.5, 0.6) is 0 Å². The molecule has 1 unspecified atom stereocenters. The van der Waals surface area contributed by atoms with Crippen LogP contribution in [0.1, 0.15) is 0 Å². The normalized spacial score (nSPS) is 13.1. The number of hydrogen-bond donors (Lipinski definition) is 0. The van der Waals surface area contributed by atoms with Crippen molar-refractivity contribution in [2.75, 3.05) is 20.3 Å². The molecule has 72 valence electrons. The highest BCUT2D eigenvalue weighted by Gasteiger charge is 2.12. The van der Waals surface area contributed by atoms with Crippen molar-refractivity contribution in [3.05, 3.63) is 0 Å². The van der Waals surface area contributed by atoms with Gasteiger partial charge in [0.25, 0.3) is 0 Å². The average molecular weight is 510 g/mol. The summed E-state index contributed by atoms with van der Waals surface area (Å²) < 4.78 is 10.5. The monoisotopic (exact) mass is 510 g/mol. The van der Waals surface area contributed by atoms with Gasteiger partial charge in [-0.1, -0.05) is 67.8 Å². The summed E-state index contributed by atoms with van der Waals surface area (Å²) in [5.41, 5.74) is 0. The van der Waals surface area contributed by atoms with E-state index in [9.17, 15) is 4.79 Å². The Morgan fingerprint density at radius 2 is 2.00 bits per heavy atom. The maximum absolute atomic E-state index is 10.6. The van der Waals surface area contributed by atoms with Crippen molar-refractivity contribution in [3.8, 4) is 0 Å². The lowest BCUT2D eigenvalue weighted by atomic mass is 10.5. The predicted octanol–water partition coefficient (Wildman–Crippen LogP) is 2.18. The Morgan fingerprint density at radius 3 is 2.42 bits per heavy atom. The van der Waals surface area contributed by atoms with Crippen molar-refractivity contribution in [2.24, 2.45) is 0 Å². The summed E-state index contributed by atoms with van der Waals surface area (Å²) >= 11 is 6.93. The summed E-state index contributed by atoms with van der Waals surface area (Å²) in [5, 5.41) is 0. The molecule has 0 rings (SSSR count). The first-order chi connectivity index (χ1) is 5.57. The molecule has 6 heteroatoms. The summed E-state index contributed by atoms with van der Waals surface area (Å²) in [7, 11) is 1.35. The molecule has 0 heterocycles. The van der Waals surface area contributed by atoms with E-state index in [1.54, 1.807) is 0 Å². The van der Waals surface area contributed by atoms with Gasteiger partial charge in [0.15, 0.2) is 0 Å². The number of esters is 1. The van der Waals surface area contributed by atoms with Gasteiger partial charge in [-0.15, -0.1) is 0 Å². The van der Waals surface area contributed by atoms with E-state index in [1.807, 2.05) is 0 Å². The number of hydrogen-bond acceptors (Lipinski definition) is 3. The molecule has 0 aromatic carbocycles. The number of halogens is 3. The minimum Gasteiger partial charge on any atom is -0.467 e. The fraction of sp³-hybridized carbons (Fsp3) is 0.833. The smallest absolute Gasteiger partial charge is 0.331 e. The van der Waals surface area contributed by atoms with Crippen LogP contribution >= 0.6 is 67.8 Å². The molecule has 0 aliphatic carbocycles. The molecule has 0 amide bonds. The van der Waals surface area contributed by atoms with Crippen LogP contribution in [0.25, 0.3) is 0 Å². The van der Waals surface area contributed by atoms with Crippen molar-refractivity contribution in [2.45, 2.75) is 5.86 Å². The van der Waals surface area contributed by atoms with Crippen molar-refractivity contribution in [1.29, 1.82) is 0 Å². The third kappa shape index (κ3) is 7.06. The van der Waals surface area contributed by atoms with Crippen LogP contribution in [0.15, 0.2) is 0 Å². The predicted molar refractivity (Wildman–Crippen MR) is 72.5 cm³/mol. The average Bonchev–Trinajstić information content (AvgIpc) is 2.03. The summed E-state index contributed by atoms with van der Waals surface area (Å²) in [4.78, 5) is 10.6. The maximum atomic E-state index is 10.6. The summed E-state index contributed by atoms with van der Waals surface area (Å²) in [6.45, 7) is 0.641. The second-order valence-corrected chi connectivity index (χ2v) is 8.61. The van der Waals surface area contributed by atoms with Gasteiger partial charge in [0.1, 0.15) is 6.61 Å². The van der Waals surface area contributed by atoms with Crippen LogP contribution in [0.3, 0.4) is 0 Å². The molecular weight excluding hydrogens is 501 g/mol. The molecule has 0 saturated heterocycles. The standard InChI is InChI=1S/C6H9I3O3/c1-11-5(10)3-12-2-4(7)6(8)9/h4,6H,2-3H2,1H3. The molecule has 0 aliphatic rings. The molecule has 0 saturated carbocycles. The van der Waals surface area contributed by atoms with Crippen LogP contribution in [-0.4, -0.2) is 32.1 Å². The number of methoxy groups -OCH3 is 1. The van der Waals surface area contributed by atoms with E-state index in [4.69, 9.17) is 4.74 Å². The molecule has 0 radical (unpaired) electrons. The zero-order valence-electron chi connectivity index (χ0n) is 6.43. The van der Waals surface area contributed by atoms with Crippen LogP contribution in [0.2, 0.25) is 0 Å². The highest BCUT2D eigenvalue weighted by Crippen LogP contribution is 2.21. The van der Waals surface area contributed by atoms with Gasteiger partial charge in [-0.25, -0.2) is 4.79 Å². The zero-order valence-corrected chi connectivity index (χ0v) is 12.9. The molecular formula is C6H9I3O3. The molecule has 0 bridgehead atoms. The van der Waals surface area contributed by atoms with Gasteiger partial charge in [0, 0.05) is 0 Å². The van der Waals surface area contributed by atoms with E-state index >= 15 is 0 Å². The van der Waals surface area contributed by atoms with E-state index < -0.39 is 0 Å². The van der Waals surface area contributed by atoms with E-state index in [0.717, 1.165) is 0 Å². The third-order valence-electron chi connectivity index (χ3n) is 0.998. The highest BCUT2D eigenvalue weighted by molar-refractivity contribution is 14.2. The van der Waals surface area contributed by atoms with Crippen LogP contribution in [0.4, 0.5) is 0 Å². The third-order valence-corrected chi connectivity index (χ3v) is 6.57. The fourth-order valence-corrected chi connectivity index (χ4v) is 1.06. The molecule has 3 nitrogen and oxygen atoms in total. The first-order valence-corrected chi connectivity index (χ1v) is 6.88. The largest absolute Gasteiger partial charge is 0.467 e. The van der Waals surface area contributed by atoms with Gasteiger partial charge in [-0.3, -0.25) is 0 Å². The van der Waals surface area contributed by atoms with Crippen molar-refractivity contribution < 1.29 is 14.3 Å². The van der Waals surface area contributed by atoms with E-state index in [1.165, 1.54) is 7.11 Å². The topological polar surface area (TPSA) is 35.5 Å². The Kier molecular flexibility index (Phi) is 9.05. The number of rotatable bonds is 5. The van der Waals surface area contributed by atoms with E-state index in [2.05, 4.69) is 72.5 Å². The second-order valence-electron chi connectivity index (χ2n) is 1.94. The molecule has 0 fully saturated rings. The number of ether oxygens (including phenoxy) is 2. The highest BCUT2D eigenvalue weighted by atomic mass is 127. The first-order valence-electron chi connectivity index (χ1n) is 3.14. The van der Waals surface area contributed by atoms with Gasteiger partial charge >= 0.3 is 5.97 Å². The van der Waals surface area contributed by atoms with Crippen molar-refractivity contribution in [3.63, 3.8) is 0 Å². The number of carbonyl (C=O) groups is 1. The molecule has 0 aliphatic heterocycles. The van der Waals surface area contributed by atoms with Crippen LogP contribution < -0.4 is 0 Å². The molecule has 0 aromatic heterocycles. The van der Waals surface area contributed by atoms with Gasteiger partial charge in [-0.2, -0.15) is 0 Å². The Labute approximate surface area is 113 Å². The van der Waals surface area contributed by atoms with Gasteiger partial charge in [-0.05, 0) is 0 Å². The van der Waals surface area contributed by atoms with E-state index in [-0.39, 0.29) is 12.6 Å². The SMILES string of the molecule is COC(=O)COCC(I)C(I)I. The molecule has 1 atom stereocenters. The van der Waals surface area contributed by atoms with Crippen molar-refractivity contribution >= 4 is 73.7 Å². The Bertz CT molecular complexity index is 140. The maximum Gasteiger partial charge on any atom is 0.331 e. The van der Waals surface area contributed by atoms with Gasteiger partial charge < -0.3 is 9.47 Å². The summed E-state index contributed by atoms with van der Waals surface area (Å²) in [6.07, 6.45) is 0. The quantitative estimate of drug-likeness (QED) is 0.324. The lowest BCUT2D eigenvalue weighted by Gasteiger charge is -2.10. The molecule has 12 heavy (non-hydrogen) atoms. The summed E-state index contributed by atoms with van der Waals surface area (Å²) in [5.74, 6) is -0.322. The van der Waals surface area contributed by atoms with Crippen LogP contribution in [-0.2, 0) is 14.3 Å². The molecule has 0 N–H and O–H groups in total. The Balaban J connectivity index is 3.37. The Hall–Kier alpha value is 1.62. The van der Waals surface area contributed by atoms with Crippen molar-refractivity contribution in [1.82, 2.24) is 0 Å². The zero-order chi connectivity index (χ0) is 9.56. The Morgan fingerprint density at radius 1 is 1.42 bits per heavy atom. The van der Waals surface area contributed by atoms with Gasteiger partial charge in [0.05, 0.1) is 19.6 Å². The number of carbonyl (C=O) groups excluding carboxylic acids is 1. The van der Waals surface area contributed by atoms with E-state index in [0.29, 0.717) is 12.5 Å². The number of alkyl halides is 3. The minimum absolute atomic E-state index is 0.0516. The minimum atomic E-state index is -0.322. The lowest BCUT2D eigenvalue weighted by Crippen LogP contribution is -2.19. The fourth-order valence-electron chi connectivity index (χ4n) is 0.387. The molecule has 0 spiro atoms. The first kappa shape index (κ1) is 13.6. The lowest BCUT2D eigenvalue weighted by molar-refractivity contribution is -0.145. The molecule has 0 aromatic rings.